The lowest BCUT2D eigenvalue weighted by Crippen LogP contribution is -2.54. The van der Waals surface area contributed by atoms with Crippen LogP contribution in [0, 0.1) is 0 Å². The van der Waals surface area contributed by atoms with E-state index >= 15 is 0 Å². The smallest absolute Gasteiger partial charge is 0.242 e. The van der Waals surface area contributed by atoms with Gasteiger partial charge in [0.25, 0.3) is 0 Å². The van der Waals surface area contributed by atoms with Crippen molar-refractivity contribution in [2.75, 3.05) is 51.2 Å². The van der Waals surface area contributed by atoms with Crippen molar-refractivity contribution in [1.29, 1.82) is 0 Å². The normalized spacial score (nSPS) is 16.6. The zero-order chi connectivity index (χ0) is 20.9. The third kappa shape index (κ3) is 5.65. The number of fused-ring (bicyclic) bond motifs is 1. The van der Waals surface area contributed by atoms with Crippen molar-refractivity contribution in [1.82, 2.24) is 24.5 Å². The Labute approximate surface area is 204 Å². The molecule has 0 bridgehead atoms. The Bertz CT molecular complexity index is 911. The monoisotopic (exact) mass is 555 g/mol. The van der Waals surface area contributed by atoms with Gasteiger partial charge in [-0.05, 0) is 17.5 Å². The molecule has 8 nitrogen and oxygen atoms in total. The maximum absolute atomic E-state index is 12.7. The third-order valence-electron chi connectivity index (χ3n) is 5.72. The summed E-state index contributed by atoms with van der Waals surface area (Å²) in [7, 11) is 1.77. The minimum absolute atomic E-state index is 0. The molecule has 2 aliphatic heterocycles. The molecular formula is C21H30IN7OS. The Kier molecular flexibility index (Phi) is 8.47. The first-order valence-electron chi connectivity index (χ1n) is 10.6. The lowest BCUT2D eigenvalue weighted by molar-refractivity contribution is -0.130. The molecule has 0 spiro atoms. The molecule has 3 heterocycles. The zero-order valence-corrected chi connectivity index (χ0v) is 21.2. The van der Waals surface area contributed by atoms with Gasteiger partial charge in [0.15, 0.2) is 5.96 Å². The van der Waals surface area contributed by atoms with Crippen LogP contribution in [0.4, 0.5) is 5.13 Å². The molecule has 0 atom stereocenters. The minimum atomic E-state index is 0. The van der Waals surface area contributed by atoms with Crippen LogP contribution in [0.3, 0.4) is 0 Å². The van der Waals surface area contributed by atoms with Crippen LogP contribution in [0.2, 0.25) is 0 Å². The topological polar surface area (TPSA) is 77.0 Å². The number of nitrogens with one attached hydrogen (secondary N) is 1. The highest BCUT2D eigenvalue weighted by Gasteiger charge is 2.24. The van der Waals surface area contributed by atoms with E-state index in [0.717, 1.165) is 62.5 Å². The highest BCUT2D eigenvalue weighted by atomic mass is 127. The Morgan fingerprint density at radius 3 is 2.55 bits per heavy atom. The largest absolute Gasteiger partial charge is 0.347 e. The number of hydrogen-bond acceptors (Lipinski definition) is 6. The number of aliphatic imine (C=N–C) groups is 1. The molecule has 1 fully saturated rings. The average molecular weight is 555 g/mol. The summed E-state index contributed by atoms with van der Waals surface area (Å²) < 4.78 is 4.38. The molecule has 31 heavy (non-hydrogen) atoms. The fraction of sp³-hybridized carbons (Fsp3) is 0.524. The first-order chi connectivity index (χ1) is 14.7. The van der Waals surface area contributed by atoms with Crippen LogP contribution in [0.5, 0.6) is 0 Å². The van der Waals surface area contributed by atoms with E-state index in [0.29, 0.717) is 6.54 Å². The van der Waals surface area contributed by atoms with Gasteiger partial charge in [0.05, 0.1) is 6.54 Å². The van der Waals surface area contributed by atoms with Crippen LogP contribution in [0.1, 0.15) is 23.9 Å². The quantitative estimate of drug-likeness (QED) is 0.354. The second-order valence-corrected chi connectivity index (χ2v) is 8.29. The molecule has 0 aliphatic carbocycles. The number of amides is 1. The number of rotatable bonds is 4. The fourth-order valence-corrected chi connectivity index (χ4v) is 4.73. The average Bonchev–Trinajstić information content (AvgIpc) is 3.29. The van der Waals surface area contributed by atoms with Crippen molar-refractivity contribution < 1.29 is 4.79 Å². The lowest BCUT2D eigenvalue weighted by Gasteiger charge is -2.36. The maximum Gasteiger partial charge on any atom is 0.242 e. The third-order valence-corrected chi connectivity index (χ3v) is 6.53. The maximum atomic E-state index is 12.7. The van der Waals surface area contributed by atoms with Crippen molar-refractivity contribution in [2.24, 2.45) is 4.99 Å². The second kappa shape index (κ2) is 11.1. The summed E-state index contributed by atoms with van der Waals surface area (Å²) in [5.74, 6) is 1.81. The van der Waals surface area contributed by atoms with Gasteiger partial charge >= 0.3 is 0 Å². The predicted octanol–water partition coefficient (Wildman–Crippen LogP) is 2.00. The van der Waals surface area contributed by atoms with E-state index < -0.39 is 0 Å². The van der Waals surface area contributed by atoms with Crippen molar-refractivity contribution in [3.63, 3.8) is 0 Å². The Morgan fingerprint density at radius 2 is 1.87 bits per heavy atom. The number of aromatic nitrogens is 2. The number of guanidine groups is 1. The van der Waals surface area contributed by atoms with Gasteiger partial charge in [-0.25, -0.2) is 4.98 Å². The number of hydrogen-bond donors (Lipinski definition) is 1. The Hall–Kier alpha value is -1.95. The van der Waals surface area contributed by atoms with E-state index in [1.165, 1.54) is 22.7 Å². The summed E-state index contributed by atoms with van der Waals surface area (Å²) >= 11 is 1.47. The summed E-state index contributed by atoms with van der Waals surface area (Å²) in [6, 6.07) is 8.37. The van der Waals surface area contributed by atoms with Gasteiger partial charge < -0.3 is 20.0 Å². The van der Waals surface area contributed by atoms with E-state index in [2.05, 4.69) is 54.6 Å². The molecule has 0 unspecified atom stereocenters. The molecule has 10 heteroatoms. The zero-order valence-electron chi connectivity index (χ0n) is 18.1. The number of aryl methyl sites for hydroxylation is 1. The molecule has 4 rings (SSSR count). The highest BCUT2D eigenvalue weighted by molar-refractivity contribution is 14.0. The summed E-state index contributed by atoms with van der Waals surface area (Å²) in [6.07, 6.45) is 1.79. The van der Waals surface area contributed by atoms with Gasteiger partial charge in [-0.2, -0.15) is 4.37 Å². The molecule has 0 saturated carbocycles. The van der Waals surface area contributed by atoms with Crippen LogP contribution < -0.4 is 10.2 Å². The summed E-state index contributed by atoms with van der Waals surface area (Å²) in [5.41, 5.74) is 2.60. The van der Waals surface area contributed by atoms with Gasteiger partial charge in [0.1, 0.15) is 5.82 Å². The van der Waals surface area contributed by atoms with Gasteiger partial charge in [-0.1, -0.05) is 31.2 Å². The van der Waals surface area contributed by atoms with E-state index in [-0.39, 0.29) is 36.4 Å². The second-order valence-electron chi connectivity index (χ2n) is 7.56. The van der Waals surface area contributed by atoms with Crippen molar-refractivity contribution in [3.8, 4) is 0 Å². The van der Waals surface area contributed by atoms with Crippen molar-refractivity contribution in [2.45, 2.75) is 26.3 Å². The molecule has 1 N–H and O–H groups in total. The number of benzene rings is 1. The van der Waals surface area contributed by atoms with Crippen LogP contribution in [0.15, 0.2) is 29.3 Å². The van der Waals surface area contributed by atoms with Crippen molar-refractivity contribution in [3.05, 3.63) is 41.2 Å². The molecule has 168 valence electrons. The van der Waals surface area contributed by atoms with Gasteiger partial charge in [0.2, 0.25) is 11.0 Å². The number of anilines is 1. The molecule has 0 radical (unpaired) electrons. The van der Waals surface area contributed by atoms with Gasteiger partial charge in [0, 0.05) is 64.3 Å². The number of carbonyl (C=O) groups is 1. The van der Waals surface area contributed by atoms with E-state index in [4.69, 9.17) is 0 Å². The molecular weight excluding hydrogens is 525 g/mol. The Morgan fingerprint density at radius 1 is 1.13 bits per heavy atom. The van der Waals surface area contributed by atoms with E-state index in [9.17, 15) is 4.79 Å². The molecule has 2 aromatic rings. The van der Waals surface area contributed by atoms with E-state index in [1.807, 2.05) is 11.0 Å². The predicted molar refractivity (Wildman–Crippen MR) is 135 cm³/mol. The summed E-state index contributed by atoms with van der Waals surface area (Å²) in [6.45, 7) is 7.23. The van der Waals surface area contributed by atoms with Crippen molar-refractivity contribution >= 4 is 52.5 Å². The first-order valence-corrected chi connectivity index (χ1v) is 11.3. The van der Waals surface area contributed by atoms with Crippen LogP contribution >= 0.6 is 35.5 Å². The number of halogens is 1. The molecule has 1 saturated heterocycles. The number of piperazine rings is 1. The number of nitrogens with zero attached hydrogens (tertiary/aromatic N) is 6. The van der Waals surface area contributed by atoms with E-state index in [1.54, 1.807) is 7.05 Å². The molecule has 2 aliphatic rings. The Balaban J connectivity index is 0.00000272. The van der Waals surface area contributed by atoms with Gasteiger partial charge in [-0.3, -0.25) is 9.79 Å². The van der Waals surface area contributed by atoms with Gasteiger partial charge in [-0.15, -0.1) is 24.0 Å². The lowest BCUT2D eigenvalue weighted by atomic mass is 10.00. The van der Waals surface area contributed by atoms with Crippen LogP contribution in [0.25, 0.3) is 0 Å². The molecule has 1 aromatic carbocycles. The van der Waals surface area contributed by atoms with Crippen LogP contribution in [-0.4, -0.2) is 77.3 Å². The summed E-state index contributed by atoms with van der Waals surface area (Å²) in [4.78, 5) is 28.1. The number of carbonyl (C=O) groups excluding carboxylic acids is 1. The van der Waals surface area contributed by atoms with Crippen LogP contribution in [-0.2, 0) is 24.2 Å². The fourth-order valence-electron chi connectivity index (χ4n) is 3.93. The SMILES string of the molecule is CCc1nsc(N2CCN(C(=NC)NCC(=O)N3CCc4ccccc4C3)CC2)n1.I. The summed E-state index contributed by atoms with van der Waals surface area (Å²) in [5, 5.41) is 4.26. The highest BCUT2D eigenvalue weighted by Crippen LogP contribution is 2.20. The molecule has 1 aromatic heterocycles. The first kappa shape index (κ1) is 23.7. The molecule has 1 amide bonds. The minimum Gasteiger partial charge on any atom is -0.347 e. The standard InChI is InChI=1S/C21H29N7OS.HI/c1-3-18-24-21(30-25-18)27-12-10-26(11-13-27)20(22-2)23-14-19(29)28-9-8-16-6-4-5-7-17(16)15-28;/h4-7H,3,8-15H2,1-2H3,(H,22,23);1H.